The Kier molecular flexibility index (Phi) is 6.44. The number of carbonyl (C=O) groups is 2. The Bertz CT molecular complexity index is 948. The van der Waals surface area contributed by atoms with Crippen molar-refractivity contribution in [3.63, 3.8) is 0 Å². The lowest BCUT2D eigenvalue weighted by Crippen LogP contribution is -2.44. The summed E-state index contributed by atoms with van der Waals surface area (Å²) >= 11 is 0. The number of carbonyl (C=O) groups excluding carboxylic acids is 2. The maximum absolute atomic E-state index is 13.3. The summed E-state index contributed by atoms with van der Waals surface area (Å²) < 4.78 is 26.3. The first-order valence-corrected chi connectivity index (χ1v) is 10.7. The standard InChI is InChI=1S/C25H26F2N2O2/c26-21-8-4-18(5-9-21)17-29-14-2-1-3-23(25(29)31)19-12-15-28(16-13-19)24(30)20-6-10-22(27)11-7-20/h1-2,4-11,19,23H,3,12-17H2. The molecule has 0 N–H and O–H groups in total. The molecule has 1 fully saturated rings. The molecule has 4 rings (SSSR count). The van der Waals surface area contributed by atoms with E-state index in [1.54, 1.807) is 17.0 Å². The molecular weight excluding hydrogens is 398 g/mol. The van der Waals surface area contributed by atoms with Crippen molar-refractivity contribution in [2.75, 3.05) is 19.6 Å². The highest BCUT2D eigenvalue weighted by Gasteiger charge is 2.35. The molecular formula is C25H26F2N2O2. The van der Waals surface area contributed by atoms with Gasteiger partial charge in [0.05, 0.1) is 0 Å². The van der Waals surface area contributed by atoms with Crippen molar-refractivity contribution in [3.05, 3.63) is 83.4 Å². The highest BCUT2D eigenvalue weighted by atomic mass is 19.1. The third kappa shape index (κ3) is 5.01. The van der Waals surface area contributed by atoms with Gasteiger partial charge in [0.25, 0.3) is 5.91 Å². The van der Waals surface area contributed by atoms with Crippen LogP contribution in [0.15, 0.2) is 60.7 Å². The lowest BCUT2D eigenvalue weighted by Gasteiger charge is -2.36. The quantitative estimate of drug-likeness (QED) is 0.682. The molecule has 0 aliphatic carbocycles. The molecule has 31 heavy (non-hydrogen) atoms. The minimum atomic E-state index is -0.361. The molecule has 0 aromatic heterocycles. The topological polar surface area (TPSA) is 40.6 Å². The SMILES string of the molecule is O=C(c1ccc(F)cc1)N1CCC(C2CC=CCN(Cc3ccc(F)cc3)C2=O)CC1. The molecule has 4 nitrogen and oxygen atoms in total. The number of piperidine rings is 1. The van der Waals surface area contributed by atoms with Gasteiger partial charge < -0.3 is 9.80 Å². The van der Waals surface area contributed by atoms with E-state index in [0.717, 1.165) is 18.4 Å². The number of rotatable bonds is 4. The van der Waals surface area contributed by atoms with Crippen LogP contribution in [0.2, 0.25) is 0 Å². The minimum Gasteiger partial charge on any atom is -0.339 e. The summed E-state index contributed by atoms with van der Waals surface area (Å²) in [6.07, 6.45) is 6.33. The summed E-state index contributed by atoms with van der Waals surface area (Å²) in [5.74, 6) is -0.516. The van der Waals surface area contributed by atoms with E-state index < -0.39 is 0 Å². The molecule has 1 atom stereocenters. The van der Waals surface area contributed by atoms with Crippen molar-refractivity contribution < 1.29 is 18.4 Å². The predicted molar refractivity (Wildman–Crippen MR) is 114 cm³/mol. The van der Waals surface area contributed by atoms with Gasteiger partial charge in [-0.25, -0.2) is 8.78 Å². The number of allylic oxidation sites excluding steroid dienone is 1. The Hall–Kier alpha value is -3.02. The van der Waals surface area contributed by atoms with E-state index in [9.17, 15) is 18.4 Å². The van der Waals surface area contributed by atoms with Crippen LogP contribution in [0.5, 0.6) is 0 Å². The molecule has 1 unspecified atom stereocenters. The van der Waals surface area contributed by atoms with Crippen LogP contribution in [0.4, 0.5) is 8.78 Å². The molecule has 2 heterocycles. The van der Waals surface area contributed by atoms with Crippen LogP contribution < -0.4 is 0 Å². The summed E-state index contributed by atoms with van der Waals surface area (Å²) in [6, 6.07) is 11.9. The molecule has 0 radical (unpaired) electrons. The monoisotopic (exact) mass is 424 g/mol. The maximum Gasteiger partial charge on any atom is 0.253 e. The average molecular weight is 424 g/mol. The number of amides is 2. The number of hydrogen-bond donors (Lipinski definition) is 0. The number of benzene rings is 2. The summed E-state index contributed by atoms with van der Waals surface area (Å²) in [6.45, 7) is 2.19. The van der Waals surface area contributed by atoms with Gasteiger partial charge in [-0.05, 0) is 67.1 Å². The van der Waals surface area contributed by atoms with Gasteiger partial charge in [0, 0.05) is 37.7 Å². The van der Waals surface area contributed by atoms with Gasteiger partial charge in [-0.2, -0.15) is 0 Å². The Morgan fingerprint density at radius 2 is 1.52 bits per heavy atom. The molecule has 0 bridgehead atoms. The van der Waals surface area contributed by atoms with E-state index >= 15 is 0 Å². The van der Waals surface area contributed by atoms with Crippen molar-refractivity contribution in [2.45, 2.75) is 25.8 Å². The minimum absolute atomic E-state index is 0.0940. The van der Waals surface area contributed by atoms with Gasteiger partial charge in [-0.15, -0.1) is 0 Å². The van der Waals surface area contributed by atoms with Crippen molar-refractivity contribution >= 4 is 11.8 Å². The van der Waals surface area contributed by atoms with Crippen LogP contribution in [0.1, 0.15) is 35.2 Å². The van der Waals surface area contributed by atoms with Crippen LogP contribution in [0.3, 0.4) is 0 Å². The fourth-order valence-corrected chi connectivity index (χ4v) is 4.50. The average Bonchev–Trinajstić information content (AvgIpc) is 2.97. The summed E-state index contributed by atoms with van der Waals surface area (Å²) in [5, 5.41) is 0. The summed E-state index contributed by atoms with van der Waals surface area (Å²) in [5.41, 5.74) is 1.39. The van der Waals surface area contributed by atoms with Gasteiger partial charge >= 0.3 is 0 Å². The smallest absolute Gasteiger partial charge is 0.253 e. The van der Waals surface area contributed by atoms with Crippen LogP contribution >= 0.6 is 0 Å². The first kappa shape index (κ1) is 21.2. The van der Waals surface area contributed by atoms with Crippen molar-refractivity contribution in [1.82, 2.24) is 9.80 Å². The van der Waals surface area contributed by atoms with Crippen molar-refractivity contribution in [1.29, 1.82) is 0 Å². The molecule has 1 saturated heterocycles. The van der Waals surface area contributed by atoms with Crippen LogP contribution in [0, 0.1) is 23.5 Å². The van der Waals surface area contributed by atoms with Crippen molar-refractivity contribution in [3.8, 4) is 0 Å². The number of likely N-dealkylation sites (tertiary alicyclic amines) is 1. The second kappa shape index (κ2) is 9.41. The second-order valence-electron chi connectivity index (χ2n) is 8.30. The van der Waals surface area contributed by atoms with E-state index in [-0.39, 0.29) is 35.3 Å². The fraction of sp³-hybridized carbons (Fsp3) is 0.360. The van der Waals surface area contributed by atoms with E-state index in [1.807, 2.05) is 11.0 Å². The molecule has 162 valence electrons. The molecule has 0 saturated carbocycles. The third-order valence-corrected chi connectivity index (χ3v) is 6.29. The Balaban J connectivity index is 1.38. The highest BCUT2D eigenvalue weighted by molar-refractivity contribution is 5.94. The van der Waals surface area contributed by atoms with E-state index in [4.69, 9.17) is 0 Å². The lowest BCUT2D eigenvalue weighted by molar-refractivity contribution is -0.137. The Morgan fingerprint density at radius 3 is 2.16 bits per heavy atom. The largest absolute Gasteiger partial charge is 0.339 e. The van der Waals surface area contributed by atoms with Crippen LogP contribution in [0.25, 0.3) is 0 Å². The zero-order valence-electron chi connectivity index (χ0n) is 17.3. The zero-order chi connectivity index (χ0) is 21.8. The normalized spacial score (nSPS) is 20.1. The van der Waals surface area contributed by atoms with Crippen LogP contribution in [-0.2, 0) is 11.3 Å². The van der Waals surface area contributed by atoms with E-state index in [0.29, 0.717) is 38.2 Å². The lowest BCUT2D eigenvalue weighted by atomic mass is 9.81. The summed E-state index contributed by atoms with van der Waals surface area (Å²) in [4.78, 5) is 29.6. The zero-order valence-corrected chi connectivity index (χ0v) is 17.3. The van der Waals surface area contributed by atoms with E-state index in [2.05, 4.69) is 6.08 Å². The molecule has 2 aliphatic rings. The highest BCUT2D eigenvalue weighted by Crippen LogP contribution is 2.31. The van der Waals surface area contributed by atoms with Gasteiger partial charge in [-0.1, -0.05) is 24.3 Å². The molecule has 0 spiro atoms. The van der Waals surface area contributed by atoms with Crippen LogP contribution in [-0.4, -0.2) is 41.2 Å². The van der Waals surface area contributed by atoms with Gasteiger partial charge in [0.1, 0.15) is 11.6 Å². The Morgan fingerprint density at radius 1 is 0.903 bits per heavy atom. The number of hydrogen-bond acceptors (Lipinski definition) is 2. The molecule has 2 amide bonds. The first-order valence-electron chi connectivity index (χ1n) is 10.7. The molecule has 2 aromatic carbocycles. The fourth-order valence-electron chi connectivity index (χ4n) is 4.50. The van der Waals surface area contributed by atoms with E-state index in [1.165, 1.54) is 36.4 Å². The van der Waals surface area contributed by atoms with Gasteiger partial charge in [0.2, 0.25) is 5.91 Å². The third-order valence-electron chi connectivity index (χ3n) is 6.29. The maximum atomic E-state index is 13.3. The number of nitrogens with zero attached hydrogens (tertiary/aromatic N) is 2. The molecule has 2 aromatic rings. The van der Waals surface area contributed by atoms with Gasteiger partial charge in [-0.3, -0.25) is 9.59 Å². The first-order chi connectivity index (χ1) is 15.0. The predicted octanol–water partition coefficient (Wildman–Crippen LogP) is 4.42. The van der Waals surface area contributed by atoms with Gasteiger partial charge in [0.15, 0.2) is 0 Å². The molecule has 2 aliphatic heterocycles. The summed E-state index contributed by atoms with van der Waals surface area (Å²) in [7, 11) is 0. The van der Waals surface area contributed by atoms with Crippen molar-refractivity contribution in [2.24, 2.45) is 11.8 Å². The molecule has 6 heteroatoms. The number of halogens is 2. The Labute approximate surface area is 181 Å². The second-order valence-corrected chi connectivity index (χ2v) is 8.30.